The Hall–Kier alpha value is -4.65. The first-order valence-corrected chi connectivity index (χ1v) is 11.2. The molecule has 4 rings (SSSR count). The van der Waals surface area contributed by atoms with E-state index in [-0.39, 0.29) is 23.7 Å². The number of carbonyl (C=O) groups excluding carboxylic acids is 1. The van der Waals surface area contributed by atoms with Gasteiger partial charge in [-0.3, -0.25) is 9.59 Å². The first-order chi connectivity index (χ1) is 16.9. The maximum atomic E-state index is 12.7. The number of nitrogens with zero attached hydrogens (tertiary/aromatic N) is 1. The van der Waals surface area contributed by atoms with Gasteiger partial charge in [-0.2, -0.15) is 0 Å². The van der Waals surface area contributed by atoms with E-state index < -0.39 is 0 Å². The Morgan fingerprint density at radius 1 is 0.943 bits per heavy atom. The normalized spacial score (nSPS) is 10.5. The van der Waals surface area contributed by atoms with Gasteiger partial charge in [0.2, 0.25) is 0 Å². The highest BCUT2D eigenvalue weighted by molar-refractivity contribution is 6.06. The Morgan fingerprint density at radius 2 is 1.74 bits per heavy atom. The van der Waals surface area contributed by atoms with E-state index in [1.54, 1.807) is 47.2 Å². The maximum absolute atomic E-state index is 12.7. The molecule has 5 N–H and O–H groups in total. The minimum atomic E-state index is -0.270. The number of amides is 1. The quantitative estimate of drug-likeness (QED) is 0.229. The lowest BCUT2D eigenvalue weighted by Gasteiger charge is -2.12. The number of benzene rings is 3. The average molecular weight is 466 g/mol. The molecule has 3 aromatic carbocycles. The van der Waals surface area contributed by atoms with Crippen molar-refractivity contribution in [3.63, 3.8) is 0 Å². The number of rotatable bonds is 8. The highest BCUT2D eigenvalue weighted by Gasteiger charge is 2.11. The van der Waals surface area contributed by atoms with Crippen molar-refractivity contribution in [3.05, 3.63) is 124 Å². The minimum Gasteiger partial charge on any atom is -0.398 e. The van der Waals surface area contributed by atoms with Gasteiger partial charge < -0.3 is 26.3 Å². The van der Waals surface area contributed by atoms with E-state index in [1.165, 1.54) is 0 Å². The molecule has 0 aliphatic rings. The Balaban J connectivity index is 1.37. The van der Waals surface area contributed by atoms with Gasteiger partial charge in [0, 0.05) is 40.5 Å². The van der Waals surface area contributed by atoms with Gasteiger partial charge in [0.1, 0.15) is 0 Å². The fraction of sp³-hybridized carbons (Fsp3) is 0.107. The number of nitrogens with two attached hydrogens (primary N) is 1. The van der Waals surface area contributed by atoms with E-state index in [1.807, 2.05) is 55.5 Å². The molecule has 1 heterocycles. The van der Waals surface area contributed by atoms with Gasteiger partial charge in [0.25, 0.3) is 11.5 Å². The zero-order valence-corrected chi connectivity index (χ0v) is 19.4. The molecule has 0 fully saturated rings. The van der Waals surface area contributed by atoms with E-state index in [0.717, 1.165) is 22.5 Å². The predicted molar refractivity (Wildman–Crippen MR) is 141 cm³/mol. The molecule has 0 saturated heterocycles. The number of hydrogen-bond donors (Lipinski definition) is 4. The molecular weight excluding hydrogens is 438 g/mol. The van der Waals surface area contributed by atoms with Crippen LogP contribution >= 0.6 is 0 Å². The molecule has 1 amide bonds. The molecule has 0 aliphatic heterocycles. The monoisotopic (exact) mass is 465 g/mol. The zero-order valence-electron chi connectivity index (χ0n) is 19.4. The summed E-state index contributed by atoms with van der Waals surface area (Å²) in [6, 6.07) is 25.6. The van der Waals surface area contributed by atoms with Crippen molar-refractivity contribution in [1.82, 2.24) is 9.88 Å². The number of hydrogen-bond acceptors (Lipinski definition) is 5. The molecule has 1 aromatic heterocycles. The smallest absolute Gasteiger partial charge is 0.251 e. The van der Waals surface area contributed by atoms with Gasteiger partial charge in [0.15, 0.2) is 0 Å². The second-order valence-electron chi connectivity index (χ2n) is 8.32. The highest BCUT2D eigenvalue weighted by Crippen LogP contribution is 2.19. The summed E-state index contributed by atoms with van der Waals surface area (Å²) in [5.41, 5.74) is 11.5. The molecule has 35 heavy (non-hydrogen) atoms. The van der Waals surface area contributed by atoms with Crippen LogP contribution in [0, 0.1) is 12.3 Å². The lowest BCUT2D eigenvalue weighted by molar-refractivity contribution is 0.0959. The van der Waals surface area contributed by atoms with Crippen molar-refractivity contribution in [2.45, 2.75) is 13.5 Å². The van der Waals surface area contributed by atoms with Crippen LogP contribution in [-0.2, 0) is 6.54 Å². The summed E-state index contributed by atoms with van der Waals surface area (Å²) in [5, 5.41) is 14.4. The Kier molecular flexibility index (Phi) is 7.07. The molecule has 0 bridgehead atoms. The highest BCUT2D eigenvalue weighted by atomic mass is 16.1. The summed E-state index contributed by atoms with van der Waals surface area (Å²) in [7, 11) is 0. The van der Waals surface area contributed by atoms with Crippen molar-refractivity contribution >= 4 is 28.7 Å². The van der Waals surface area contributed by atoms with E-state index in [0.29, 0.717) is 23.4 Å². The van der Waals surface area contributed by atoms with Crippen LogP contribution < -0.4 is 21.9 Å². The third kappa shape index (κ3) is 6.03. The maximum Gasteiger partial charge on any atom is 0.251 e. The Labute approximate surface area is 203 Å². The summed E-state index contributed by atoms with van der Waals surface area (Å²) in [6.45, 7) is 2.51. The summed E-state index contributed by atoms with van der Waals surface area (Å²) in [4.78, 5) is 24.6. The van der Waals surface area contributed by atoms with Crippen LogP contribution in [0.1, 0.15) is 27.0 Å². The summed E-state index contributed by atoms with van der Waals surface area (Å²) in [5.74, 6) is -0.270. The van der Waals surface area contributed by atoms with Crippen LogP contribution in [0.25, 0.3) is 0 Å². The summed E-state index contributed by atoms with van der Waals surface area (Å²) < 4.78 is 1.65. The lowest BCUT2D eigenvalue weighted by atomic mass is 10.0. The van der Waals surface area contributed by atoms with E-state index in [9.17, 15) is 9.59 Å². The van der Waals surface area contributed by atoms with Crippen molar-refractivity contribution in [1.29, 1.82) is 5.41 Å². The van der Waals surface area contributed by atoms with Crippen molar-refractivity contribution in [3.8, 4) is 0 Å². The number of pyridine rings is 1. The average Bonchev–Trinajstić information content (AvgIpc) is 2.86. The molecular formula is C28H27N5O2. The van der Waals surface area contributed by atoms with Crippen molar-refractivity contribution in [2.24, 2.45) is 0 Å². The molecule has 0 spiro atoms. The number of aryl methyl sites for hydroxylation is 1. The predicted octanol–water partition coefficient (Wildman–Crippen LogP) is 4.33. The second-order valence-corrected chi connectivity index (χ2v) is 8.32. The van der Waals surface area contributed by atoms with Crippen LogP contribution in [0.15, 0.2) is 95.9 Å². The second kappa shape index (κ2) is 10.5. The molecule has 7 nitrogen and oxygen atoms in total. The summed E-state index contributed by atoms with van der Waals surface area (Å²) >= 11 is 0. The van der Waals surface area contributed by atoms with Crippen LogP contribution in [-0.4, -0.2) is 22.7 Å². The zero-order chi connectivity index (χ0) is 24.8. The molecule has 7 heteroatoms. The number of anilines is 3. The van der Waals surface area contributed by atoms with Crippen LogP contribution in [0.4, 0.5) is 17.1 Å². The van der Waals surface area contributed by atoms with E-state index >= 15 is 0 Å². The van der Waals surface area contributed by atoms with Gasteiger partial charge in [-0.1, -0.05) is 35.9 Å². The topological polar surface area (TPSA) is 113 Å². The third-order valence-corrected chi connectivity index (χ3v) is 5.58. The third-order valence-electron chi connectivity index (χ3n) is 5.58. The fourth-order valence-electron chi connectivity index (χ4n) is 3.68. The van der Waals surface area contributed by atoms with Crippen LogP contribution in [0.3, 0.4) is 0 Å². The fourth-order valence-corrected chi connectivity index (χ4v) is 3.68. The number of aromatic nitrogens is 1. The lowest BCUT2D eigenvalue weighted by Crippen LogP contribution is -2.30. The molecule has 0 unspecified atom stereocenters. The Morgan fingerprint density at radius 3 is 2.51 bits per heavy atom. The first kappa shape index (κ1) is 23.5. The molecule has 0 aliphatic carbocycles. The molecule has 0 radical (unpaired) electrons. The standard InChI is InChI=1S/C28H27N5O2/c1-19-8-13-25(29)24(15-19)26(30)17-31-28(35)21-5-4-6-23(16-21)32-22-11-9-20(10-12-22)18-33-14-3-2-7-27(33)34/h2-16,30,32H,17-18,29H2,1H3,(H,31,35). The van der Waals surface area contributed by atoms with E-state index in [4.69, 9.17) is 11.1 Å². The number of nitrogens with one attached hydrogen (secondary N) is 3. The van der Waals surface area contributed by atoms with Crippen molar-refractivity contribution < 1.29 is 4.79 Å². The van der Waals surface area contributed by atoms with E-state index in [2.05, 4.69) is 10.6 Å². The number of carbonyl (C=O) groups is 1. The van der Waals surface area contributed by atoms with Gasteiger partial charge >= 0.3 is 0 Å². The Bertz CT molecular complexity index is 1420. The number of nitrogen functional groups attached to an aromatic ring is 1. The van der Waals surface area contributed by atoms with Crippen LogP contribution in [0.2, 0.25) is 0 Å². The van der Waals surface area contributed by atoms with Crippen LogP contribution in [0.5, 0.6) is 0 Å². The minimum absolute atomic E-state index is 0.0396. The molecule has 4 aromatic rings. The first-order valence-electron chi connectivity index (χ1n) is 11.2. The molecule has 0 saturated carbocycles. The largest absolute Gasteiger partial charge is 0.398 e. The van der Waals surface area contributed by atoms with Gasteiger partial charge in [-0.25, -0.2) is 0 Å². The van der Waals surface area contributed by atoms with Gasteiger partial charge in [-0.15, -0.1) is 0 Å². The molecule has 176 valence electrons. The molecule has 0 atom stereocenters. The summed E-state index contributed by atoms with van der Waals surface area (Å²) in [6.07, 6.45) is 1.77. The van der Waals surface area contributed by atoms with Gasteiger partial charge in [0.05, 0.1) is 18.8 Å². The van der Waals surface area contributed by atoms with Crippen molar-refractivity contribution in [2.75, 3.05) is 17.6 Å². The van der Waals surface area contributed by atoms with Gasteiger partial charge in [-0.05, 0) is 61.0 Å². The SMILES string of the molecule is Cc1ccc(N)c(C(=N)CNC(=O)c2cccc(Nc3ccc(Cn4ccccc4=O)cc3)c2)c1.